The fourth-order valence-electron chi connectivity index (χ4n) is 2.06. The number of ether oxygens (including phenoxy) is 1. The van der Waals surface area contributed by atoms with Crippen molar-refractivity contribution < 1.29 is 14.3 Å². The summed E-state index contributed by atoms with van der Waals surface area (Å²) in [6.45, 7) is 4.63. The molecule has 0 aliphatic heterocycles. The Balaban J connectivity index is 2.49. The van der Waals surface area contributed by atoms with Crippen molar-refractivity contribution in [3.63, 3.8) is 0 Å². The van der Waals surface area contributed by atoms with Gasteiger partial charge in [0, 0.05) is 49.8 Å². The number of carbonyl (C=O) groups is 2. The van der Waals surface area contributed by atoms with E-state index in [9.17, 15) is 9.59 Å². The Morgan fingerprint density at radius 3 is 2.40 bits per heavy atom. The summed E-state index contributed by atoms with van der Waals surface area (Å²) in [7, 11) is 0. The van der Waals surface area contributed by atoms with E-state index in [-0.39, 0.29) is 11.9 Å². The number of carbonyl (C=O) groups excluding carboxylic acids is 2. The van der Waals surface area contributed by atoms with Gasteiger partial charge in [-0.2, -0.15) is 0 Å². The average molecular weight is 272 g/mol. The first-order valence-electron chi connectivity index (χ1n) is 6.29. The van der Waals surface area contributed by atoms with E-state index in [2.05, 4.69) is 4.98 Å². The number of esters is 1. The fourth-order valence-corrected chi connectivity index (χ4v) is 2.06. The molecule has 0 radical (unpaired) electrons. The van der Waals surface area contributed by atoms with Gasteiger partial charge in [0.25, 0.3) is 0 Å². The van der Waals surface area contributed by atoms with Crippen LogP contribution in [-0.2, 0) is 9.53 Å². The number of nitrogens with zero attached hydrogens (tertiary/aromatic N) is 2. The summed E-state index contributed by atoms with van der Waals surface area (Å²) >= 11 is 0. The maximum absolute atomic E-state index is 11.5. The minimum absolute atomic E-state index is 0.0958. The van der Waals surface area contributed by atoms with Crippen LogP contribution < -0.4 is 0 Å². The zero-order valence-electron chi connectivity index (χ0n) is 11.7. The van der Waals surface area contributed by atoms with Gasteiger partial charge >= 0.3 is 5.97 Å². The highest BCUT2D eigenvalue weighted by atomic mass is 16.5. The highest BCUT2D eigenvalue weighted by molar-refractivity contribution is 5.80. The van der Waals surface area contributed by atoms with Crippen molar-refractivity contribution in [3.05, 3.63) is 42.5 Å². The zero-order valence-corrected chi connectivity index (χ0v) is 11.7. The predicted octanol–water partition coefficient (Wildman–Crippen LogP) is 2.83. The predicted molar refractivity (Wildman–Crippen MR) is 74.1 cm³/mol. The van der Waals surface area contributed by atoms with Crippen molar-refractivity contribution in [1.29, 1.82) is 0 Å². The first-order valence-corrected chi connectivity index (χ1v) is 6.29. The van der Waals surface area contributed by atoms with Crippen LogP contribution in [0.1, 0.15) is 37.2 Å². The van der Waals surface area contributed by atoms with Crippen molar-refractivity contribution in [2.75, 3.05) is 0 Å². The second kappa shape index (κ2) is 5.69. The molecule has 0 saturated carbocycles. The van der Waals surface area contributed by atoms with E-state index in [1.165, 1.54) is 18.4 Å². The third-order valence-corrected chi connectivity index (χ3v) is 2.99. The third-order valence-electron chi connectivity index (χ3n) is 2.99. The largest absolute Gasteiger partial charge is 0.458 e. The standard InChI is InChI=1S/C15H16N2O3/c1-10(20-12(3)19)14-8-17(11(2)18)9-15(14)13-4-6-16-7-5-13/h4-10H,1-3H3. The van der Waals surface area contributed by atoms with Crippen LogP contribution in [0, 0.1) is 0 Å². The summed E-state index contributed by atoms with van der Waals surface area (Å²) in [5, 5.41) is 0. The van der Waals surface area contributed by atoms with Gasteiger partial charge in [-0.1, -0.05) is 0 Å². The molecule has 1 unspecified atom stereocenters. The molecular formula is C15H16N2O3. The summed E-state index contributed by atoms with van der Waals surface area (Å²) in [6, 6.07) is 3.70. The van der Waals surface area contributed by atoms with Gasteiger partial charge in [0.05, 0.1) is 0 Å². The first kappa shape index (κ1) is 14.0. The van der Waals surface area contributed by atoms with E-state index in [0.717, 1.165) is 16.7 Å². The van der Waals surface area contributed by atoms with E-state index in [1.807, 2.05) is 12.1 Å². The number of hydrogen-bond donors (Lipinski definition) is 0. The lowest BCUT2D eigenvalue weighted by atomic mass is 10.0. The first-order chi connectivity index (χ1) is 9.49. The van der Waals surface area contributed by atoms with Crippen LogP contribution in [0.25, 0.3) is 11.1 Å². The van der Waals surface area contributed by atoms with E-state index in [4.69, 9.17) is 4.74 Å². The SMILES string of the molecule is CC(=O)OC(C)c1cn(C(C)=O)cc1-c1ccncc1. The van der Waals surface area contributed by atoms with Crippen LogP contribution in [-0.4, -0.2) is 21.4 Å². The quantitative estimate of drug-likeness (QED) is 0.806. The van der Waals surface area contributed by atoms with Crippen molar-refractivity contribution in [1.82, 2.24) is 9.55 Å². The molecule has 104 valence electrons. The molecule has 5 heteroatoms. The van der Waals surface area contributed by atoms with E-state index < -0.39 is 6.10 Å². The van der Waals surface area contributed by atoms with Crippen LogP contribution in [0.4, 0.5) is 0 Å². The van der Waals surface area contributed by atoms with Gasteiger partial charge < -0.3 is 4.74 Å². The van der Waals surface area contributed by atoms with Crippen molar-refractivity contribution >= 4 is 11.9 Å². The molecule has 0 aliphatic rings. The molecule has 2 aromatic heterocycles. The molecule has 0 aromatic carbocycles. The molecule has 0 amide bonds. The topological polar surface area (TPSA) is 61.2 Å². The van der Waals surface area contributed by atoms with Crippen molar-refractivity contribution in [2.24, 2.45) is 0 Å². The number of hydrogen-bond acceptors (Lipinski definition) is 4. The molecule has 0 saturated heterocycles. The van der Waals surface area contributed by atoms with Gasteiger partial charge in [-0.3, -0.25) is 19.1 Å². The second-order valence-corrected chi connectivity index (χ2v) is 4.54. The number of rotatable bonds is 3. The molecule has 0 fully saturated rings. The van der Waals surface area contributed by atoms with E-state index in [0.29, 0.717) is 0 Å². The molecule has 0 N–H and O–H groups in total. The Bertz CT molecular complexity index is 632. The zero-order chi connectivity index (χ0) is 14.7. The second-order valence-electron chi connectivity index (χ2n) is 4.54. The highest BCUT2D eigenvalue weighted by Gasteiger charge is 2.18. The summed E-state index contributed by atoms with van der Waals surface area (Å²) < 4.78 is 6.70. The molecule has 5 nitrogen and oxygen atoms in total. The molecule has 0 bridgehead atoms. The maximum atomic E-state index is 11.5. The van der Waals surface area contributed by atoms with Crippen LogP contribution in [0.5, 0.6) is 0 Å². The Morgan fingerprint density at radius 1 is 1.20 bits per heavy atom. The summed E-state index contributed by atoms with van der Waals surface area (Å²) in [4.78, 5) is 26.6. The Labute approximate surface area is 117 Å². The molecule has 0 spiro atoms. The Kier molecular flexibility index (Phi) is 3.98. The lowest BCUT2D eigenvalue weighted by Crippen LogP contribution is -2.06. The van der Waals surface area contributed by atoms with Gasteiger partial charge in [-0.15, -0.1) is 0 Å². The minimum atomic E-state index is -0.420. The molecule has 1 atom stereocenters. The summed E-state index contributed by atoms with van der Waals surface area (Å²) in [5.74, 6) is -0.449. The summed E-state index contributed by atoms with van der Waals surface area (Å²) in [6.07, 6.45) is 6.39. The lowest BCUT2D eigenvalue weighted by molar-refractivity contribution is -0.145. The van der Waals surface area contributed by atoms with E-state index in [1.54, 1.807) is 31.7 Å². The lowest BCUT2D eigenvalue weighted by Gasteiger charge is -2.12. The number of aromatic nitrogens is 2. The molecule has 2 heterocycles. The summed E-state index contributed by atoms with van der Waals surface area (Å²) in [5.41, 5.74) is 2.58. The van der Waals surface area contributed by atoms with Crippen molar-refractivity contribution in [2.45, 2.75) is 26.9 Å². The van der Waals surface area contributed by atoms with Gasteiger partial charge in [-0.25, -0.2) is 0 Å². The minimum Gasteiger partial charge on any atom is -0.458 e. The van der Waals surface area contributed by atoms with Gasteiger partial charge in [0.15, 0.2) is 0 Å². The monoisotopic (exact) mass is 272 g/mol. The Morgan fingerprint density at radius 2 is 1.85 bits per heavy atom. The van der Waals surface area contributed by atoms with Gasteiger partial charge in [0.2, 0.25) is 5.91 Å². The molecule has 2 aromatic rings. The normalized spacial score (nSPS) is 11.9. The van der Waals surface area contributed by atoms with Crippen molar-refractivity contribution in [3.8, 4) is 11.1 Å². The van der Waals surface area contributed by atoms with Crippen LogP contribution >= 0.6 is 0 Å². The third kappa shape index (κ3) is 2.93. The molecule has 2 rings (SSSR count). The van der Waals surface area contributed by atoms with Crippen LogP contribution in [0.15, 0.2) is 36.9 Å². The van der Waals surface area contributed by atoms with Crippen LogP contribution in [0.3, 0.4) is 0 Å². The maximum Gasteiger partial charge on any atom is 0.303 e. The molecule has 0 aliphatic carbocycles. The molecule has 20 heavy (non-hydrogen) atoms. The fraction of sp³-hybridized carbons (Fsp3) is 0.267. The van der Waals surface area contributed by atoms with Gasteiger partial charge in [-0.05, 0) is 24.6 Å². The van der Waals surface area contributed by atoms with E-state index >= 15 is 0 Å². The van der Waals surface area contributed by atoms with Gasteiger partial charge in [0.1, 0.15) is 6.10 Å². The Hall–Kier alpha value is -2.43. The van der Waals surface area contributed by atoms with Crippen LogP contribution in [0.2, 0.25) is 0 Å². The average Bonchev–Trinajstić information content (AvgIpc) is 2.84. The highest BCUT2D eigenvalue weighted by Crippen LogP contribution is 2.30. The smallest absolute Gasteiger partial charge is 0.303 e. The number of pyridine rings is 1. The molecular weight excluding hydrogens is 256 g/mol.